The quantitative estimate of drug-likeness (QED) is 0.103. The van der Waals surface area contributed by atoms with Crippen molar-refractivity contribution < 1.29 is 29.1 Å². The molecule has 2 aliphatic heterocycles. The van der Waals surface area contributed by atoms with Gasteiger partial charge in [0.25, 0.3) is 0 Å². The van der Waals surface area contributed by atoms with Gasteiger partial charge in [-0.2, -0.15) is 4.99 Å². The number of aliphatic hydroxyl groups excluding tert-OH is 1. The van der Waals surface area contributed by atoms with Gasteiger partial charge in [0.15, 0.2) is 0 Å². The number of likely N-dealkylation sites (tertiary alicyclic amines) is 1. The first-order chi connectivity index (χ1) is 32.1. The molecule has 13 nitrogen and oxygen atoms in total. The molecule has 0 spiro atoms. The summed E-state index contributed by atoms with van der Waals surface area (Å²) in [7, 11) is 0. The van der Waals surface area contributed by atoms with Crippen LogP contribution in [-0.2, 0) is 24.6 Å². The van der Waals surface area contributed by atoms with Gasteiger partial charge in [0.05, 0.1) is 29.1 Å². The van der Waals surface area contributed by atoms with Crippen LogP contribution >= 0.6 is 0 Å². The number of nitrogens with one attached hydrogen (secondary N) is 2. The molecule has 0 aromatic heterocycles. The number of carbonyl (C=O) groups is 5. The van der Waals surface area contributed by atoms with Gasteiger partial charge in [0, 0.05) is 96.5 Å². The molecule has 3 N–H and O–H groups in total. The molecule has 374 valence electrons. The Bertz CT molecular complexity index is 2250. The van der Waals surface area contributed by atoms with Crippen LogP contribution in [0.25, 0.3) is 5.57 Å². The Kier molecular flexibility index (Phi) is 17.8. The van der Waals surface area contributed by atoms with E-state index >= 15 is 0 Å². The third kappa shape index (κ3) is 11.0. The average molecular weight is 938 g/mol. The Morgan fingerprint density at radius 2 is 1.26 bits per heavy atom. The highest BCUT2D eigenvalue weighted by molar-refractivity contribution is 6.42. The second-order valence-electron chi connectivity index (χ2n) is 21.0. The molecule has 1 aromatic carbocycles. The number of carbonyl (C=O) groups excluding carboxylic acids is 5. The van der Waals surface area contributed by atoms with Gasteiger partial charge in [-0.15, -0.1) is 0 Å². The number of rotatable bonds is 21. The molecule has 2 aliphatic carbocycles. The van der Waals surface area contributed by atoms with Crippen LogP contribution in [0.5, 0.6) is 0 Å². The number of benzene rings is 1. The van der Waals surface area contributed by atoms with E-state index in [4.69, 9.17) is 0 Å². The number of aliphatic imine (C=N–C) groups is 1. The fourth-order valence-electron chi connectivity index (χ4n) is 10.3. The monoisotopic (exact) mass is 938 g/mol. The zero-order chi connectivity index (χ0) is 50.4. The van der Waals surface area contributed by atoms with Crippen LogP contribution in [0.1, 0.15) is 172 Å². The Morgan fingerprint density at radius 1 is 0.735 bits per heavy atom. The van der Waals surface area contributed by atoms with Gasteiger partial charge in [-0.25, -0.2) is 4.79 Å². The van der Waals surface area contributed by atoms with Gasteiger partial charge < -0.3 is 35.3 Å². The fourth-order valence-corrected chi connectivity index (χ4v) is 10.3. The van der Waals surface area contributed by atoms with Crippen LogP contribution < -0.4 is 15.5 Å². The van der Waals surface area contributed by atoms with E-state index < -0.39 is 11.8 Å². The van der Waals surface area contributed by atoms with Crippen LogP contribution in [0.3, 0.4) is 0 Å². The number of ketones is 1. The van der Waals surface area contributed by atoms with E-state index in [9.17, 15) is 29.1 Å². The summed E-state index contributed by atoms with van der Waals surface area (Å²) < 4.78 is 0. The maximum Gasteiger partial charge on any atom is 0.341 e. The summed E-state index contributed by atoms with van der Waals surface area (Å²) >= 11 is 0. The Morgan fingerprint density at radius 3 is 1.78 bits per heavy atom. The van der Waals surface area contributed by atoms with E-state index in [1.807, 2.05) is 29.2 Å². The molecule has 4 aliphatic rings. The summed E-state index contributed by atoms with van der Waals surface area (Å²) in [6.45, 7) is 32.1. The van der Waals surface area contributed by atoms with Crippen LogP contribution in [0, 0.1) is 5.41 Å². The molecular weight excluding hydrogens is 855 g/mol. The lowest BCUT2D eigenvalue weighted by atomic mass is 9.73. The lowest BCUT2D eigenvalue weighted by molar-refractivity contribution is -0.133. The molecule has 2 heterocycles. The van der Waals surface area contributed by atoms with Crippen molar-refractivity contribution in [3.63, 3.8) is 0 Å². The molecule has 2 unspecified atom stereocenters. The number of Topliss-reactive ketones (excluding diaryl/α,β-unsaturated/α-hetero) is 1. The van der Waals surface area contributed by atoms with Gasteiger partial charge in [0.1, 0.15) is 5.76 Å². The van der Waals surface area contributed by atoms with E-state index in [0.717, 1.165) is 73.9 Å². The minimum atomic E-state index is -0.727. The van der Waals surface area contributed by atoms with Crippen LogP contribution in [0.2, 0.25) is 0 Å². The molecule has 1 aromatic rings. The van der Waals surface area contributed by atoms with Crippen LogP contribution in [0.4, 0.5) is 16.2 Å². The lowest BCUT2D eigenvalue weighted by Gasteiger charge is -2.34. The zero-order valence-electron chi connectivity index (χ0n) is 43.9. The first-order valence-corrected chi connectivity index (χ1v) is 25.7. The van der Waals surface area contributed by atoms with Crippen molar-refractivity contribution in [3.8, 4) is 0 Å². The first kappa shape index (κ1) is 53.8. The van der Waals surface area contributed by atoms with Crippen molar-refractivity contribution in [1.82, 2.24) is 20.0 Å². The molecule has 5 rings (SSSR count). The minimum absolute atomic E-state index is 0.0289. The number of anilines is 2. The number of nitrogens with zero attached hydrogens (tertiary/aromatic N) is 5. The molecule has 2 atom stereocenters. The maximum atomic E-state index is 14.9. The SMILES string of the molecule is CCCCN(CCCC)C(=O)CCC(=O)Nc1cc2c(cc1C1=C(O)/C(=C3/C=C4C(=C/C3=N\C(=O)NCC(=O)N(CCCC)CCCC)N(C(C)C)C(C)C4(C)C)C1=O)C(C)(C)C(C)N2C(C)C. The summed E-state index contributed by atoms with van der Waals surface area (Å²) in [6.07, 6.45) is 11.1. The Labute approximate surface area is 407 Å². The number of hydrogen-bond acceptors (Lipinski definition) is 8. The van der Waals surface area contributed by atoms with E-state index in [2.05, 4.69) is 122 Å². The average Bonchev–Trinajstić information content (AvgIpc) is 3.60. The highest BCUT2D eigenvalue weighted by atomic mass is 16.3. The number of fused-ring (bicyclic) bond motifs is 2. The third-order valence-corrected chi connectivity index (χ3v) is 15.0. The number of unbranched alkanes of at least 4 members (excludes halogenated alkanes) is 4. The summed E-state index contributed by atoms with van der Waals surface area (Å²) in [6, 6.07) is 3.49. The molecule has 0 radical (unpaired) electrons. The molecular formula is C55H83N7O6. The van der Waals surface area contributed by atoms with Crippen molar-refractivity contribution in [2.75, 3.05) is 42.9 Å². The second-order valence-corrected chi connectivity index (χ2v) is 21.0. The number of amides is 5. The molecule has 1 fully saturated rings. The number of hydrogen-bond donors (Lipinski definition) is 3. The van der Waals surface area contributed by atoms with E-state index in [1.165, 1.54) is 0 Å². The number of aliphatic hydroxyl groups is 1. The molecule has 0 saturated carbocycles. The van der Waals surface area contributed by atoms with Crippen molar-refractivity contribution in [2.45, 2.75) is 191 Å². The smallest absolute Gasteiger partial charge is 0.341 e. The highest BCUT2D eigenvalue weighted by Gasteiger charge is 2.49. The number of urea groups is 1. The van der Waals surface area contributed by atoms with E-state index in [-0.39, 0.29) is 94.7 Å². The van der Waals surface area contributed by atoms with Crippen molar-refractivity contribution in [1.29, 1.82) is 0 Å². The fraction of sp³-hybridized carbons (Fsp3) is 0.636. The highest BCUT2D eigenvalue weighted by Crippen LogP contribution is 2.53. The van der Waals surface area contributed by atoms with Crippen LogP contribution in [-0.4, -0.2) is 112 Å². The minimum Gasteiger partial charge on any atom is -0.506 e. The summed E-state index contributed by atoms with van der Waals surface area (Å²) in [5.74, 6) is -1.31. The van der Waals surface area contributed by atoms with Gasteiger partial charge in [0.2, 0.25) is 23.5 Å². The maximum absolute atomic E-state index is 14.9. The predicted molar refractivity (Wildman–Crippen MR) is 276 cm³/mol. The summed E-state index contributed by atoms with van der Waals surface area (Å²) in [5.41, 5.74) is 4.40. The van der Waals surface area contributed by atoms with Crippen LogP contribution in [0.15, 0.2) is 57.5 Å². The Balaban J connectivity index is 1.61. The van der Waals surface area contributed by atoms with Crippen molar-refractivity contribution >= 4 is 52.2 Å². The van der Waals surface area contributed by atoms with E-state index in [0.29, 0.717) is 43.0 Å². The molecule has 5 amide bonds. The zero-order valence-corrected chi connectivity index (χ0v) is 43.9. The molecule has 68 heavy (non-hydrogen) atoms. The lowest BCUT2D eigenvalue weighted by Crippen LogP contribution is -2.42. The largest absolute Gasteiger partial charge is 0.506 e. The summed E-state index contributed by atoms with van der Waals surface area (Å²) in [4.78, 5) is 82.1. The van der Waals surface area contributed by atoms with Gasteiger partial charge >= 0.3 is 6.03 Å². The number of allylic oxidation sites excluding steroid dienone is 6. The predicted octanol–water partition coefficient (Wildman–Crippen LogP) is 10.4. The van der Waals surface area contributed by atoms with Crippen molar-refractivity contribution in [2.24, 2.45) is 10.4 Å². The molecule has 0 bridgehead atoms. The third-order valence-electron chi connectivity index (χ3n) is 15.0. The van der Waals surface area contributed by atoms with Gasteiger partial charge in [-0.1, -0.05) is 81.1 Å². The van der Waals surface area contributed by atoms with Gasteiger partial charge in [-0.3, -0.25) is 19.2 Å². The summed E-state index contributed by atoms with van der Waals surface area (Å²) in [5, 5.41) is 18.1. The molecule has 1 saturated heterocycles. The normalized spacial score (nSPS) is 20.9. The standard InChI is InChI=1S/C55H83N7O6/c1-15-19-25-59(26-20-16-2)47(64)24-23-46(63)57-42-31-44-40(54(11,12)36(9)61(44)34(5)6)29-38(42)49-51(66)50(52(49)67)39-30-41-45(62(35(7)8)37(10)55(41,13)14)32-43(39)58-53(68)56-33-48(65)60(27-21-17-3)28-22-18-4/h29-32,34-37,66H,15-28,33H2,1-14H3,(H,56,68)(H,57,63)/b50-39+,58-43+. The second kappa shape index (κ2) is 22.5. The first-order valence-electron chi connectivity index (χ1n) is 25.7. The van der Waals surface area contributed by atoms with Crippen molar-refractivity contribution in [3.05, 3.63) is 63.6 Å². The van der Waals surface area contributed by atoms with Gasteiger partial charge in [-0.05, 0) is 103 Å². The topological polar surface area (TPSA) is 155 Å². The molecule has 13 heteroatoms. The van der Waals surface area contributed by atoms with E-state index in [1.54, 1.807) is 4.90 Å². The Hall–Kier alpha value is -5.20.